The average Bonchev–Trinajstić information content (AvgIpc) is 2.94. The van der Waals surface area contributed by atoms with Crippen LogP contribution >= 0.6 is 0 Å². The molecule has 1 saturated heterocycles. The third-order valence-corrected chi connectivity index (χ3v) is 8.05. The number of nitrogens with one attached hydrogen (secondary N) is 3. The zero-order valence-corrected chi connectivity index (χ0v) is 25.1. The summed E-state index contributed by atoms with van der Waals surface area (Å²) in [6, 6.07) is 23.1. The molecule has 226 valence electrons. The summed E-state index contributed by atoms with van der Waals surface area (Å²) in [5.41, 5.74) is 3.88. The Morgan fingerprint density at radius 3 is 2.38 bits per heavy atom. The maximum Gasteiger partial charge on any atom is 0.229 e. The third kappa shape index (κ3) is 10.1. The smallest absolute Gasteiger partial charge is 0.229 e. The molecule has 1 amide bonds. The quantitative estimate of drug-likeness (QED) is 0.192. The van der Waals surface area contributed by atoms with E-state index in [0.29, 0.717) is 18.4 Å². The molecule has 10 heteroatoms. The van der Waals surface area contributed by atoms with Gasteiger partial charge in [0.2, 0.25) is 15.9 Å². The summed E-state index contributed by atoms with van der Waals surface area (Å²) in [5, 5.41) is 27.1. The molecule has 0 saturated carbocycles. The van der Waals surface area contributed by atoms with Gasteiger partial charge < -0.3 is 20.8 Å². The summed E-state index contributed by atoms with van der Waals surface area (Å²) in [5.74, 6) is -0.169. The molecule has 9 nitrogen and oxygen atoms in total. The summed E-state index contributed by atoms with van der Waals surface area (Å²) >= 11 is 0. The topological polar surface area (TPSA) is 131 Å². The van der Waals surface area contributed by atoms with Crippen molar-refractivity contribution in [2.45, 2.75) is 57.3 Å². The Kier molecular flexibility index (Phi) is 11.0. The van der Waals surface area contributed by atoms with Gasteiger partial charge in [-0.25, -0.2) is 8.42 Å². The molecular weight excluding hydrogens is 552 g/mol. The van der Waals surface area contributed by atoms with Gasteiger partial charge in [0.25, 0.3) is 0 Å². The van der Waals surface area contributed by atoms with Gasteiger partial charge in [-0.2, -0.15) is 0 Å². The fourth-order valence-electron chi connectivity index (χ4n) is 5.31. The summed E-state index contributed by atoms with van der Waals surface area (Å²) in [4.78, 5) is 15.2. The summed E-state index contributed by atoms with van der Waals surface area (Å²) in [6.07, 6.45) is 3.05. The predicted octanol–water partition coefficient (Wildman–Crippen LogP) is 3.34. The van der Waals surface area contributed by atoms with Gasteiger partial charge in [-0.1, -0.05) is 60.7 Å². The molecule has 0 radical (unpaired) electrons. The molecular formula is C32H42N4O5S. The average molecular weight is 595 g/mol. The maximum atomic E-state index is 12.8. The highest BCUT2D eigenvalue weighted by Crippen LogP contribution is 2.27. The number of aliphatic hydroxyl groups is 1. The molecule has 1 heterocycles. The monoisotopic (exact) mass is 594 g/mol. The number of carbonyl (C=O) groups excluding carboxylic acids is 1. The highest BCUT2D eigenvalue weighted by molar-refractivity contribution is 7.92. The summed E-state index contributed by atoms with van der Waals surface area (Å²) < 4.78 is 25.3. The van der Waals surface area contributed by atoms with Crippen molar-refractivity contribution >= 4 is 21.6 Å². The zero-order chi connectivity index (χ0) is 30.1. The minimum Gasteiger partial charge on any atom is -0.506 e. The predicted molar refractivity (Wildman–Crippen MR) is 166 cm³/mol. The number of aromatic hydroxyl groups is 1. The molecule has 0 spiro atoms. The number of likely N-dealkylation sites (tertiary alicyclic amines) is 1. The first-order chi connectivity index (χ1) is 20.0. The molecule has 1 fully saturated rings. The number of anilines is 1. The second kappa shape index (κ2) is 14.6. The standard InChI is InChI=1S/C32H42N4O5S/c1-23(33-21-31(38)27-11-12-30(37)29(20-27)35-42(2,40)41)17-25-9-6-10-26(18-25)19-32(39)34-28-13-15-36(16-14-28)22-24-7-4-3-5-8-24/h3-12,18,20,23,28,31,33,35,37-38H,13-17,19,21-22H2,1-2H3,(H,34,39)/t23-,31-/m1/s1. The Bertz CT molecular complexity index is 1430. The van der Waals surface area contributed by atoms with Gasteiger partial charge in [0.05, 0.1) is 24.5 Å². The lowest BCUT2D eigenvalue weighted by Gasteiger charge is -2.32. The first-order valence-corrected chi connectivity index (χ1v) is 16.3. The van der Waals surface area contributed by atoms with Crippen molar-refractivity contribution in [3.05, 3.63) is 95.1 Å². The van der Waals surface area contributed by atoms with Crippen LogP contribution in [0.1, 0.15) is 48.1 Å². The first kappa shape index (κ1) is 31.5. The molecule has 0 bridgehead atoms. The highest BCUT2D eigenvalue weighted by atomic mass is 32.2. The molecule has 0 aliphatic carbocycles. The van der Waals surface area contributed by atoms with Crippen molar-refractivity contribution in [2.75, 3.05) is 30.6 Å². The van der Waals surface area contributed by atoms with E-state index in [2.05, 4.69) is 50.6 Å². The Balaban J connectivity index is 1.21. The Morgan fingerprint density at radius 2 is 1.67 bits per heavy atom. The lowest BCUT2D eigenvalue weighted by molar-refractivity contribution is -0.121. The van der Waals surface area contributed by atoms with Crippen LogP contribution in [-0.2, 0) is 34.2 Å². The molecule has 3 aromatic rings. The molecule has 2 atom stereocenters. The van der Waals surface area contributed by atoms with Gasteiger partial charge in [0.15, 0.2) is 0 Å². The molecule has 1 aliphatic rings. The number of nitrogens with zero attached hydrogens (tertiary/aromatic N) is 1. The van der Waals surface area contributed by atoms with Gasteiger partial charge >= 0.3 is 0 Å². The number of carbonyl (C=O) groups is 1. The van der Waals surface area contributed by atoms with Crippen molar-refractivity contribution in [2.24, 2.45) is 0 Å². The van der Waals surface area contributed by atoms with Gasteiger partial charge in [-0.3, -0.25) is 14.4 Å². The summed E-state index contributed by atoms with van der Waals surface area (Å²) in [6.45, 7) is 5.15. The van der Waals surface area contributed by atoms with Gasteiger partial charge in [0, 0.05) is 38.3 Å². The minimum absolute atomic E-state index is 0.0245. The fourth-order valence-corrected chi connectivity index (χ4v) is 5.87. The highest BCUT2D eigenvalue weighted by Gasteiger charge is 2.21. The van der Waals surface area contributed by atoms with E-state index < -0.39 is 16.1 Å². The maximum absolute atomic E-state index is 12.8. The van der Waals surface area contributed by atoms with Crippen LogP contribution in [-0.4, -0.2) is 67.4 Å². The molecule has 5 N–H and O–H groups in total. The van der Waals surface area contributed by atoms with Crippen LogP contribution in [0.15, 0.2) is 72.8 Å². The summed E-state index contributed by atoms with van der Waals surface area (Å²) in [7, 11) is -3.57. The fraction of sp³-hybridized carbons (Fsp3) is 0.406. The normalized spacial score (nSPS) is 16.1. The number of hydrogen-bond acceptors (Lipinski definition) is 7. The number of amides is 1. The second-order valence-corrected chi connectivity index (χ2v) is 13.0. The van der Waals surface area contributed by atoms with E-state index in [1.807, 2.05) is 31.2 Å². The number of benzene rings is 3. The van der Waals surface area contributed by atoms with E-state index in [9.17, 15) is 23.4 Å². The van der Waals surface area contributed by atoms with Crippen molar-refractivity contribution in [3.8, 4) is 5.75 Å². The van der Waals surface area contributed by atoms with E-state index in [0.717, 1.165) is 49.9 Å². The number of rotatable bonds is 13. The van der Waals surface area contributed by atoms with Crippen LogP contribution in [0.5, 0.6) is 5.75 Å². The molecule has 0 unspecified atom stereocenters. The number of phenolic OH excluding ortho intramolecular Hbond substituents is 1. The van der Waals surface area contributed by atoms with E-state index in [-0.39, 0.29) is 36.0 Å². The SMILES string of the molecule is C[C@H](Cc1cccc(CC(=O)NC2CCN(Cc3ccccc3)CC2)c1)NC[C@@H](O)c1ccc(O)c(NS(C)(=O)=O)c1. The van der Waals surface area contributed by atoms with Gasteiger partial charge in [-0.05, 0) is 60.6 Å². The number of sulfonamides is 1. The third-order valence-electron chi connectivity index (χ3n) is 7.46. The Hall–Kier alpha value is -3.44. The van der Waals surface area contributed by atoms with Crippen LogP contribution in [0.4, 0.5) is 5.69 Å². The van der Waals surface area contributed by atoms with Crippen molar-refractivity contribution in [3.63, 3.8) is 0 Å². The molecule has 42 heavy (non-hydrogen) atoms. The van der Waals surface area contributed by atoms with Crippen LogP contribution in [0.2, 0.25) is 0 Å². The van der Waals surface area contributed by atoms with E-state index in [1.165, 1.54) is 17.7 Å². The molecule has 0 aromatic heterocycles. The lowest BCUT2D eigenvalue weighted by Crippen LogP contribution is -2.44. The van der Waals surface area contributed by atoms with Crippen molar-refractivity contribution in [1.82, 2.24) is 15.5 Å². The van der Waals surface area contributed by atoms with Crippen molar-refractivity contribution < 1.29 is 23.4 Å². The minimum atomic E-state index is -3.57. The number of aliphatic hydroxyl groups excluding tert-OH is 1. The Labute approximate surface area is 249 Å². The largest absolute Gasteiger partial charge is 0.506 e. The first-order valence-electron chi connectivity index (χ1n) is 14.4. The van der Waals surface area contributed by atoms with Gasteiger partial charge in [0.1, 0.15) is 5.75 Å². The van der Waals surface area contributed by atoms with Crippen LogP contribution in [0.25, 0.3) is 0 Å². The second-order valence-electron chi connectivity index (χ2n) is 11.3. The molecule has 3 aromatic carbocycles. The van der Waals surface area contributed by atoms with Crippen molar-refractivity contribution in [1.29, 1.82) is 0 Å². The number of phenols is 1. The van der Waals surface area contributed by atoms with Gasteiger partial charge in [-0.15, -0.1) is 0 Å². The molecule has 4 rings (SSSR count). The molecule has 1 aliphatic heterocycles. The number of piperidine rings is 1. The van der Waals surface area contributed by atoms with E-state index in [1.54, 1.807) is 6.07 Å². The zero-order valence-electron chi connectivity index (χ0n) is 24.3. The van der Waals surface area contributed by atoms with Crippen LogP contribution < -0.4 is 15.4 Å². The number of hydrogen-bond donors (Lipinski definition) is 5. The van der Waals surface area contributed by atoms with Crippen LogP contribution in [0.3, 0.4) is 0 Å². The van der Waals surface area contributed by atoms with Crippen LogP contribution in [0, 0.1) is 0 Å². The Morgan fingerprint density at radius 1 is 0.976 bits per heavy atom. The van der Waals surface area contributed by atoms with E-state index >= 15 is 0 Å². The van der Waals surface area contributed by atoms with E-state index in [4.69, 9.17) is 0 Å². The lowest BCUT2D eigenvalue weighted by atomic mass is 10.0.